The molecule has 5 heteroatoms. The molecule has 0 saturated carbocycles. The Bertz CT molecular complexity index is 354. The molecule has 1 aliphatic heterocycles. The fraction of sp³-hybridized carbons (Fsp3) is 0.583. The van der Waals surface area contributed by atoms with Crippen molar-refractivity contribution in [1.29, 1.82) is 0 Å². The normalized spacial score (nSPS) is 18.6. The fourth-order valence-electron chi connectivity index (χ4n) is 2.02. The molecule has 0 radical (unpaired) electrons. The molecule has 0 aromatic carbocycles. The Balaban J connectivity index is 2.96. The lowest BCUT2D eigenvalue weighted by Crippen LogP contribution is -2.62. The highest BCUT2D eigenvalue weighted by atomic mass is 16.2. The molecular weight excluding hydrogens is 220 g/mol. The van der Waals surface area contributed by atoms with E-state index in [1.165, 1.54) is 0 Å². The van der Waals surface area contributed by atoms with Crippen molar-refractivity contribution in [3.05, 3.63) is 12.2 Å². The summed E-state index contributed by atoms with van der Waals surface area (Å²) >= 11 is 0. The number of hydrogen-bond donors (Lipinski definition) is 2. The van der Waals surface area contributed by atoms with Crippen LogP contribution in [0.3, 0.4) is 0 Å². The maximum absolute atomic E-state index is 11.9. The lowest BCUT2D eigenvalue weighted by Gasteiger charge is -2.34. The van der Waals surface area contributed by atoms with Gasteiger partial charge in [-0.05, 0) is 13.3 Å². The van der Waals surface area contributed by atoms with Crippen molar-refractivity contribution in [2.75, 3.05) is 0 Å². The molecule has 0 spiro atoms. The van der Waals surface area contributed by atoms with E-state index in [1.807, 2.05) is 6.92 Å². The quantitative estimate of drug-likeness (QED) is 0.433. The van der Waals surface area contributed by atoms with Crippen molar-refractivity contribution in [2.24, 2.45) is 5.41 Å². The standard InChI is InChI=1S/C12H18N2O3/c1-4-5-6-7-12(8(2)3)9(15)13-11(17)14-10(12)16/h2,4-7H2,1,3H3,(H2,13,14,15,16,17). The van der Waals surface area contributed by atoms with E-state index < -0.39 is 23.3 Å². The van der Waals surface area contributed by atoms with E-state index in [9.17, 15) is 14.4 Å². The number of urea groups is 1. The maximum atomic E-state index is 11.9. The van der Waals surface area contributed by atoms with Crippen LogP contribution in [0.1, 0.15) is 39.5 Å². The van der Waals surface area contributed by atoms with Crippen LogP contribution >= 0.6 is 0 Å². The van der Waals surface area contributed by atoms with Crippen LogP contribution in [0.2, 0.25) is 0 Å². The third-order valence-corrected chi connectivity index (χ3v) is 3.11. The summed E-state index contributed by atoms with van der Waals surface area (Å²) in [5.41, 5.74) is -0.820. The molecule has 17 heavy (non-hydrogen) atoms. The van der Waals surface area contributed by atoms with E-state index in [2.05, 4.69) is 17.2 Å². The van der Waals surface area contributed by atoms with Gasteiger partial charge >= 0.3 is 6.03 Å². The van der Waals surface area contributed by atoms with Crippen LogP contribution in [0.4, 0.5) is 4.79 Å². The number of rotatable bonds is 5. The summed E-state index contributed by atoms with van der Waals surface area (Å²) in [5, 5.41) is 4.28. The minimum atomic E-state index is -1.29. The Labute approximate surface area is 101 Å². The van der Waals surface area contributed by atoms with E-state index in [0.717, 1.165) is 19.3 Å². The van der Waals surface area contributed by atoms with Crippen LogP contribution in [0.25, 0.3) is 0 Å². The summed E-state index contributed by atoms with van der Waals surface area (Å²) in [6, 6.07) is -0.757. The molecule has 2 N–H and O–H groups in total. The van der Waals surface area contributed by atoms with Gasteiger partial charge in [-0.15, -0.1) is 0 Å². The van der Waals surface area contributed by atoms with E-state index in [1.54, 1.807) is 6.92 Å². The smallest absolute Gasteiger partial charge is 0.277 e. The number of barbiturate groups is 1. The first kappa shape index (κ1) is 13.4. The molecule has 1 heterocycles. The minimum Gasteiger partial charge on any atom is -0.277 e. The van der Waals surface area contributed by atoms with Crippen LogP contribution in [0, 0.1) is 5.41 Å². The zero-order valence-electron chi connectivity index (χ0n) is 10.3. The van der Waals surface area contributed by atoms with Crippen molar-refractivity contribution < 1.29 is 14.4 Å². The summed E-state index contributed by atoms with van der Waals surface area (Å²) in [4.78, 5) is 34.9. The average molecular weight is 238 g/mol. The number of unbranched alkanes of at least 4 members (excludes halogenated alkanes) is 2. The summed E-state index contributed by atoms with van der Waals surface area (Å²) in [6.07, 6.45) is 3.07. The predicted molar refractivity (Wildman–Crippen MR) is 63.1 cm³/mol. The van der Waals surface area contributed by atoms with E-state index >= 15 is 0 Å². The van der Waals surface area contributed by atoms with Crippen LogP contribution in [0.15, 0.2) is 12.2 Å². The van der Waals surface area contributed by atoms with Crippen LogP contribution < -0.4 is 10.6 Å². The molecule has 0 bridgehead atoms. The largest absolute Gasteiger partial charge is 0.328 e. The summed E-state index contributed by atoms with van der Waals surface area (Å²) in [7, 11) is 0. The molecule has 5 nitrogen and oxygen atoms in total. The zero-order chi connectivity index (χ0) is 13.1. The van der Waals surface area contributed by atoms with Gasteiger partial charge in [-0.1, -0.05) is 38.3 Å². The second-order valence-electron chi connectivity index (χ2n) is 4.38. The van der Waals surface area contributed by atoms with Gasteiger partial charge in [0.05, 0.1) is 0 Å². The Kier molecular flexibility index (Phi) is 4.04. The first-order valence-electron chi connectivity index (χ1n) is 5.78. The Morgan fingerprint density at radius 3 is 2.12 bits per heavy atom. The third-order valence-electron chi connectivity index (χ3n) is 3.11. The molecule has 0 aromatic heterocycles. The number of amides is 4. The van der Waals surface area contributed by atoms with Gasteiger partial charge in [0.1, 0.15) is 5.41 Å². The first-order chi connectivity index (χ1) is 7.95. The van der Waals surface area contributed by atoms with Crippen molar-refractivity contribution in [3.8, 4) is 0 Å². The van der Waals surface area contributed by atoms with Crippen molar-refractivity contribution in [1.82, 2.24) is 10.6 Å². The van der Waals surface area contributed by atoms with Crippen molar-refractivity contribution in [3.63, 3.8) is 0 Å². The topological polar surface area (TPSA) is 75.3 Å². The monoisotopic (exact) mass is 238 g/mol. The van der Waals surface area contributed by atoms with Crippen LogP contribution in [-0.2, 0) is 9.59 Å². The van der Waals surface area contributed by atoms with Gasteiger partial charge in [0.25, 0.3) is 0 Å². The number of carbonyl (C=O) groups is 3. The van der Waals surface area contributed by atoms with Gasteiger partial charge < -0.3 is 0 Å². The van der Waals surface area contributed by atoms with Gasteiger partial charge in [-0.3, -0.25) is 20.2 Å². The molecule has 0 aromatic rings. The van der Waals surface area contributed by atoms with Gasteiger partial charge in [-0.25, -0.2) is 4.79 Å². The molecule has 1 saturated heterocycles. The van der Waals surface area contributed by atoms with Crippen LogP contribution in [0.5, 0.6) is 0 Å². The maximum Gasteiger partial charge on any atom is 0.328 e. The molecule has 4 amide bonds. The van der Waals surface area contributed by atoms with Crippen LogP contribution in [-0.4, -0.2) is 17.8 Å². The fourth-order valence-corrected chi connectivity index (χ4v) is 2.02. The lowest BCUT2D eigenvalue weighted by atomic mass is 9.74. The zero-order valence-corrected chi connectivity index (χ0v) is 10.3. The molecule has 0 atom stereocenters. The molecule has 1 aliphatic rings. The third kappa shape index (κ3) is 2.38. The lowest BCUT2D eigenvalue weighted by molar-refractivity contribution is -0.142. The molecule has 0 unspecified atom stereocenters. The molecule has 94 valence electrons. The van der Waals surface area contributed by atoms with Crippen molar-refractivity contribution >= 4 is 17.8 Å². The van der Waals surface area contributed by atoms with Gasteiger partial charge in [-0.2, -0.15) is 0 Å². The van der Waals surface area contributed by atoms with Crippen molar-refractivity contribution in [2.45, 2.75) is 39.5 Å². The number of imide groups is 2. The number of hydrogen-bond acceptors (Lipinski definition) is 3. The highest BCUT2D eigenvalue weighted by Gasteiger charge is 2.50. The molecule has 1 fully saturated rings. The van der Waals surface area contributed by atoms with E-state index in [4.69, 9.17) is 0 Å². The predicted octanol–water partition coefficient (Wildman–Crippen LogP) is 1.50. The second kappa shape index (κ2) is 5.12. The van der Waals surface area contributed by atoms with Gasteiger partial charge in [0, 0.05) is 0 Å². The average Bonchev–Trinajstić information content (AvgIpc) is 2.21. The first-order valence-corrected chi connectivity index (χ1v) is 5.78. The number of carbonyl (C=O) groups excluding carboxylic acids is 3. The molecule has 0 aliphatic carbocycles. The second-order valence-corrected chi connectivity index (χ2v) is 4.38. The SMILES string of the molecule is C=C(C)C1(CCCCC)C(=O)NC(=O)NC1=O. The van der Waals surface area contributed by atoms with Gasteiger partial charge in [0.2, 0.25) is 11.8 Å². The highest BCUT2D eigenvalue weighted by Crippen LogP contribution is 2.34. The number of nitrogens with one attached hydrogen (secondary N) is 2. The minimum absolute atomic E-state index is 0.390. The Morgan fingerprint density at radius 1 is 1.18 bits per heavy atom. The summed E-state index contributed by atoms with van der Waals surface area (Å²) < 4.78 is 0. The Hall–Kier alpha value is -1.65. The Morgan fingerprint density at radius 2 is 1.71 bits per heavy atom. The summed E-state index contributed by atoms with van der Waals surface area (Å²) in [6.45, 7) is 7.40. The molecular formula is C12H18N2O3. The summed E-state index contributed by atoms with van der Waals surface area (Å²) in [5.74, 6) is -1.12. The van der Waals surface area contributed by atoms with Gasteiger partial charge in [0.15, 0.2) is 0 Å². The molecule has 1 rings (SSSR count). The van der Waals surface area contributed by atoms with E-state index in [0.29, 0.717) is 12.0 Å². The highest BCUT2D eigenvalue weighted by molar-refractivity contribution is 6.20. The van der Waals surface area contributed by atoms with E-state index in [-0.39, 0.29) is 0 Å².